The van der Waals surface area contributed by atoms with E-state index >= 15 is 0 Å². The maximum Gasteiger partial charge on any atom is 0.232 e. The third-order valence-electron chi connectivity index (χ3n) is 4.18. The van der Waals surface area contributed by atoms with Crippen LogP contribution in [0.15, 0.2) is 48.5 Å². The second kappa shape index (κ2) is 10.2. The molecule has 0 atom stereocenters. The fraction of sp³-hybridized carbons (Fsp3) is 0.333. The number of methoxy groups -OCH3 is 2. The van der Waals surface area contributed by atoms with Gasteiger partial charge in [0.1, 0.15) is 6.42 Å². The van der Waals surface area contributed by atoms with Crippen LogP contribution in [-0.2, 0) is 22.6 Å². The van der Waals surface area contributed by atoms with Crippen LogP contribution in [0.3, 0.4) is 0 Å². The Morgan fingerprint density at radius 3 is 2.33 bits per heavy atom. The van der Waals surface area contributed by atoms with Crippen molar-refractivity contribution in [2.24, 2.45) is 0 Å². The van der Waals surface area contributed by atoms with Gasteiger partial charge in [-0.2, -0.15) is 0 Å². The molecule has 2 aromatic rings. The van der Waals surface area contributed by atoms with Crippen LogP contribution in [0.1, 0.15) is 17.5 Å². The predicted octanol–water partition coefficient (Wildman–Crippen LogP) is 2.41. The maximum atomic E-state index is 12.2. The molecule has 0 bridgehead atoms. The fourth-order valence-electron chi connectivity index (χ4n) is 2.66. The summed E-state index contributed by atoms with van der Waals surface area (Å²) in [4.78, 5) is 25.8. The fourth-order valence-corrected chi connectivity index (χ4v) is 2.66. The van der Waals surface area contributed by atoms with Gasteiger partial charge in [-0.1, -0.05) is 36.4 Å². The first-order valence-corrected chi connectivity index (χ1v) is 8.79. The van der Waals surface area contributed by atoms with Gasteiger partial charge in [-0.05, 0) is 29.7 Å². The molecule has 2 aromatic carbocycles. The number of hydrogen-bond donors (Lipinski definition) is 1. The Kier molecular flexibility index (Phi) is 7.67. The number of nitrogens with one attached hydrogen (secondary N) is 1. The van der Waals surface area contributed by atoms with E-state index in [2.05, 4.69) is 5.32 Å². The summed E-state index contributed by atoms with van der Waals surface area (Å²) >= 11 is 0. The molecule has 27 heavy (non-hydrogen) atoms. The van der Waals surface area contributed by atoms with Gasteiger partial charge in [-0.15, -0.1) is 0 Å². The van der Waals surface area contributed by atoms with E-state index in [4.69, 9.17) is 9.47 Å². The summed E-state index contributed by atoms with van der Waals surface area (Å²) in [6.45, 7) is 0.933. The molecular weight excluding hydrogens is 344 g/mol. The van der Waals surface area contributed by atoms with Gasteiger partial charge in [0, 0.05) is 20.1 Å². The highest BCUT2D eigenvalue weighted by molar-refractivity contribution is 5.96. The van der Waals surface area contributed by atoms with Gasteiger partial charge in [0.15, 0.2) is 11.5 Å². The van der Waals surface area contributed by atoms with E-state index in [1.54, 1.807) is 26.2 Å². The molecule has 1 N–H and O–H groups in total. The average molecular weight is 370 g/mol. The van der Waals surface area contributed by atoms with E-state index in [1.807, 2.05) is 48.5 Å². The predicted molar refractivity (Wildman–Crippen MR) is 104 cm³/mol. The lowest BCUT2D eigenvalue weighted by molar-refractivity contribution is -0.135. The smallest absolute Gasteiger partial charge is 0.232 e. The number of benzene rings is 2. The molecule has 2 amide bonds. The first kappa shape index (κ1) is 20.3. The van der Waals surface area contributed by atoms with Crippen LogP contribution in [0, 0.1) is 0 Å². The molecule has 6 heteroatoms. The number of carbonyl (C=O) groups is 2. The highest BCUT2D eigenvalue weighted by Gasteiger charge is 2.14. The van der Waals surface area contributed by atoms with E-state index in [-0.39, 0.29) is 18.2 Å². The highest BCUT2D eigenvalue weighted by atomic mass is 16.5. The molecular formula is C21H26N2O4. The Hall–Kier alpha value is -3.02. The summed E-state index contributed by atoms with van der Waals surface area (Å²) < 4.78 is 10.5. The molecule has 0 fully saturated rings. The summed E-state index contributed by atoms with van der Waals surface area (Å²) in [5.74, 6) is 0.833. The van der Waals surface area contributed by atoms with Crippen molar-refractivity contribution in [3.63, 3.8) is 0 Å². The maximum absolute atomic E-state index is 12.2. The molecule has 6 nitrogen and oxygen atoms in total. The first-order chi connectivity index (χ1) is 13.0. The quantitative estimate of drug-likeness (QED) is 0.689. The molecule has 0 saturated carbocycles. The highest BCUT2D eigenvalue weighted by Crippen LogP contribution is 2.27. The first-order valence-electron chi connectivity index (χ1n) is 8.79. The molecule has 0 radical (unpaired) electrons. The van der Waals surface area contributed by atoms with Crippen molar-refractivity contribution in [2.45, 2.75) is 19.4 Å². The summed E-state index contributed by atoms with van der Waals surface area (Å²) in [7, 11) is 4.87. The number of ether oxygens (including phenoxy) is 2. The van der Waals surface area contributed by atoms with E-state index < -0.39 is 0 Å². The van der Waals surface area contributed by atoms with Crippen molar-refractivity contribution < 1.29 is 19.1 Å². The largest absolute Gasteiger partial charge is 0.493 e. The molecule has 0 heterocycles. The summed E-state index contributed by atoms with van der Waals surface area (Å²) in [5.41, 5.74) is 2.04. The normalized spacial score (nSPS) is 10.2. The van der Waals surface area contributed by atoms with Crippen molar-refractivity contribution in [3.8, 4) is 11.5 Å². The van der Waals surface area contributed by atoms with E-state index in [9.17, 15) is 9.59 Å². The lowest BCUT2D eigenvalue weighted by atomic mass is 10.1. The van der Waals surface area contributed by atoms with Gasteiger partial charge < -0.3 is 19.7 Å². The lowest BCUT2D eigenvalue weighted by Crippen LogP contribution is -2.33. The average Bonchev–Trinajstić information content (AvgIpc) is 2.68. The van der Waals surface area contributed by atoms with Crippen molar-refractivity contribution in [2.75, 3.05) is 27.8 Å². The van der Waals surface area contributed by atoms with Gasteiger partial charge in [-0.25, -0.2) is 0 Å². The molecule has 144 valence electrons. The SMILES string of the molecule is COc1ccc(CCNC(=O)CC(=O)N(C)Cc2ccccc2)cc1OC. The van der Waals surface area contributed by atoms with Crippen molar-refractivity contribution in [1.82, 2.24) is 10.2 Å². The van der Waals surface area contributed by atoms with Crippen LogP contribution in [0.4, 0.5) is 0 Å². The van der Waals surface area contributed by atoms with Crippen LogP contribution in [0.2, 0.25) is 0 Å². The molecule has 0 aliphatic rings. The lowest BCUT2D eigenvalue weighted by Gasteiger charge is -2.17. The molecule has 0 aliphatic heterocycles. The van der Waals surface area contributed by atoms with E-state index in [1.165, 1.54) is 0 Å². The molecule has 0 unspecified atom stereocenters. The second-order valence-corrected chi connectivity index (χ2v) is 6.20. The Morgan fingerprint density at radius 2 is 1.67 bits per heavy atom. The van der Waals surface area contributed by atoms with Gasteiger partial charge in [-0.3, -0.25) is 9.59 Å². The van der Waals surface area contributed by atoms with E-state index in [0.717, 1.165) is 11.1 Å². The van der Waals surface area contributed by atoms with Gasteiger partial charge >= 0.3 is 0 Å². The monoisotopic (exact) mass is 370 g/mol. The Morgan fingerprint density at radius 1 is 0.963 bits per heavy atom. The van der Waals surface area contributed by atoms with Crippen molar-refractivity contribution in [1.29, 1.82) is 0 Å². The molecule has 0 spiro atoms. The Labute approximate surface area is 160 Å². The third kappa shape index (κ3) is 6.33. The van der Waals surface area contributed by atoms with Crippen molar-refractivity contribution >= 4 is 11.8 Å². The number of carbonyl (C=O) groups excluding carboxylic acids is 2. The van der Waals surface area contributed by atoms with Crippen LogP contribution < -0.4 is 14.8 Å². The van der Waals surface area contributed by atoms with Crippen molar-refractivity contribution in [3.05, 3.63) is 59.7 Å². The number of amides is 2. The summed E-state index contributed by atoms with van der Waals surface area (Å²) in [5, 5.41) is 2.79. The minimum atomic E-state index is -0.277. The van der Waals surface area contributed by atoms with Gasteiger partial charge in [0.05, 0.1) is 14.2 Å². The summed E-state index contributed by atoms with van der Waals surface area (Å²) in [6, 6.07) is 15.3. The molecule has 0 aliphatic carbocycles. The topological polar surface area (TPSA) is 67.9 Å². The van der Waals surface area contributed by atoms with E-state index in [0.29, 0.717) is 31.0 Å². The minimum absolute atomic E-state index is 0.157. The Bertz CT molecular complexity index is 762. The third-order valence-corrected chi connectivity index (χ3v) is 4.18. The molecule has 0 saturated heterocycles. The molecule has 2 rings (SSSR count). The zero-order chi connectivity index (χ0) is 19.6. The second-order valence-electron chi connectivity index (χ2n) is 6.20. The Balaban J connectivity index is 1.76. The number of hydrogen-bond acceptors (Lipinski definition) is 4. The standard InChI is InChI=1S/C21H26N2O4/c1-23(15-17-7-5-4-6-8-17)21(25)14-20(24)22-12-11-16-9-10-18(26-2)19(13-16)27-3/h4-10,13H,11-12,14-15H2,1-3H3,(H,22,24). The van der Waals surface area contributed by atoms with Crippen LogP contribution in [-0.4, -0.2) is 44.5 Å². The summed E-state index contributed by atoms with van der Waals surface area (Å²) in [6.07, 6.45) is 0.482. The van der Waals surface area contributed by atoms with Gasteiger partial charge in [0.25, 0.3) is 0 Å². The van der Waals surface area contributed by atoms with Crippen LogP contribution >= 0.6 is 0 Å². The van der Waals surface area contributed by atoms with Crippen LogP contribution in [0.25, 0.3) is 0 Å². The minimum Gasteiger partial charge on any atom is -0.493 e. The molecule has 0 aromatic heterocycles. The number of nitrogens with zero attached hydrogens (tertiary/aromatic N) is 1. The van der Waals surface area contributed by atoms with Crippen LogP contribution in [0.5, 0.6) is 11.5 Å². The zero-order valence-electron chi connectivity index (χ0n) is 16.0. The van der Waals surface area contributed by atoms with Gasteiger partial charge in [0.2, 0.25) is 11.8 Å². The number of rotatable bonds is 9. The zero-order valence-corrected chi connectivity index (χ0v) is 16.0.